The Balaban J connectivity index is 1.56. The Morgan fingerprint density at radius 1 is 1.23 bits per heavy atom. The van der Waals surface area contributed by atoms with Crippen LogP contribution in [0.4, 0.5) is 4.39 Å². The van der Waals surface area contributed by atoms with E-state index in [1.165, 1.54) is 12.1 Å². The molecule has 0 atom stereocenters. The third-order valence-corrected chi connectivity index (χ3v) is 4.90. The van der Waals surface area contributed by atoms with Gasteiger partial charge in [0, 0.05) is 31.1 Å². The van der Waals surface area contributed by atoms with Gasteiger partial charge in [-0.3, -0.25) is 4.79 Å². The highest BCUT2D eigenvalue weighted by Crippen LogP contribution is 2.34. The molecule has 1 saturated heterocycles. The molecular weight excluding hydrogens is 281 g/mol. The zero-order valence-electron chi connectivity index (χ0n) is 12.8. The summed E-state index contributed by atoms with van der Waals surface area (Å²) >= 11 is 0. The fourth-order valence-electron chi connectivity index (χ4n) is 3.59. The Kier molecular flexibility index (Phi) is 3.17. The summed E-state index contributed by atoms with van der Waals surface area (Å²) in [6, 6.07) is 5.14. The molecule has 0 unspecified atom stereocenters. The van der Waals surface area contributed by atoms with E-state index in [0.717, 1.165) is 50.1 Å². The number of aryl methyl sites for hydroxylation is 1. The van der Waals surface area contributed by atoms with E-state index in [1.54, 1.807) is 0 Å². The SMILES string of the molecule is Cc1nc2cc(F)ccc2n1C1CCN(C(=O)C2CC2)CC1. The van der Waals surface area contributed by atoms with Crippen molar-refractivity contribution in [1.82, 2.24) is 14.5 Å². The van der Waals surface area contributed by atoms with Crippen molar-refractivity contribution in [2.24, 2.45) is 5.92 Å². The molecule has 2 heterocycles. The molecule has 0 bridgehead atoms. The summed E-state index contributed by atoms with van der Waals surface area (Å²) in [5, 5.41) is 0. The highest BCUT2D eigenvalue weighted by atomic mass is 19.1. The second-order valence-corrected chi connectivity index (χ2v) is 6.49. The summed E-state index contributed by atoms with van der Waals surface area (Å²) in [5.41, 5.74) is 1.71. The van der Waals surface area contributed by atoms with Crippen molar-refractivity contribution in [3.63, 3.8) is 0 Å². The second-order valence-electron chi connectivity index (χ2n) is 6.49. The van der Waals surface area contributed by atoms with Crippen LogP contribution in [0.5, 0.6) is 0 Å². The van der Waals surface area contributed by atoms with Gasteiger partial charge < -0.3 is 9.47 Å². The molecule has 2 fully saturated rings. The summed E-state index contributed by atoms with van der Waals surface area (Å²) in [6.07, 6.45) is 4.02. The van der Waals surface area contributed by atoms with Crippen LogP contribution >= 0.6 is 0 Å². The van der Waals surface area contributed by atoms with Crippen LogP contribution < -0.4 is 0 Å². The fraction of sp³-hybridized carbons (Fsp3) is 0.529. The minimum Gasteiger partial charge on any atom is -0.342 e. The number of rotatable bonds is 2. The predicted octanol–water partition coefficient (Wildman–Crippen LogP) is 3.06. The molecule has 1 aromatic carbocycles. The Labute approximate surface area is 128 Å². The first kappa shape index (κ1) is 13.7. The van der Waals surface area contributed by atoms with E-state index in [2.05, 4.69) is 9.55 Å². The highest BCUT2D eigenvalue weighted by molar-refractivity contribution is 5.81. The van der Waals surface area contributed by atoms with Gasteiger partial charge in [-0.05, 0) is 44.7 Å². The van der Waals surface area contributed by atoms with E-state index < -0.39 is 0 Å². The molecule has 22 heavy (non-hydrogen) atoms. The molecule has 5 heteroatoms. The number of fused-ring (bicyclic) bond motifs is 1. The number of hydrogen-bond acceptors (Lipinski definition) is 2. The normalized spacial score (nSPS) is 19.8. The number of imidazole rings is 1. The van der Waals surface area contributed by atoms with Crippen molar-refractivity contribution >= 4 is 16.9 Å². The van der Waals surface area contributed by atoms with E-state index in [-0.39, 0.29) is 5.82 Å². The van der Waals surface area contributed by atoms with Gasteiger partial charge in [0.25, 0.3) is 0 Å². The van der Waals surface area contributed by atoms with Gasteiger partial charge in [0.05, 0.1) is 11.0 Å². The lowest BCUT2D eigenvalue weighted by atomic mass is 10.0. The summed E-state index contributed by atoms with van der Waals surface area (Å²) in [7, 11) is 0. The minimum atomic E-state index is -0.248. The Hall–Kier alpha value is -1.91. The number of halogens is 1. The van der Waals surface area contributed by atoms with Crippen LogP contribution in [0.1, 0.15) is 37.5 Å². The number of benzene rings is 1. The standard InChI is InChI=1S/C17H20FN3O/c1-11-19-15-10-13(18)4-5-16(15)21(11)14-6-8-20(9-7-14)17(22)12-2-3-12/h4-5,10,12,14H,2-3,6-9H2,1H3. The predicted molar refractivity (Wildman–Crippen MR) is 82.0 cm³/mol. The average Bonchev–Trinajstić information content (AvgIpc) is 3.30. The number of amides is 1. The number of likely N-dealkylation sites (tertiary alicyclic amines) is 1. The van der Waals surface area contributed by atoms with E-state index in [9.17, 15) is 9.18 Å². The van der Waals surface area contributed by atoms with E-state index in [4.69, 9.17) is 0 Å². The molecule has 1 saturated carbocycles. The van der Waals surface area contributed by atoms with Gasteiger partial charge in [-0.15, -0.1) is 0 Å². The van der Waals surface area contributed by atoms with E-state index in [0.29, 0.717) is 23.4 Å². The smallest absolute Gasteiger partial charge is 0.225 e. The summed E-state index contributed by atoms with van der Waals surface area (Å²) in [5.74, 6) is 1.32. The number of aromatic nitrogens is 2. The molecule has 116 valence electrons. The lowest BCUT2D eigenvalue weighted by molar-refractivity contribution is -0.133. The lowest BCUT2D eigenvalue weighted by Crippen LogP contribution is -2.40. The van der Waals surface area contributed by atoms with Crippen LogP contribution in [0, 0.1) is 18.7 Å². The molecule has 0 radical (unpaired) electrons. The fourth-order valence-corrected chi connectivity index (χ4v) is 3.59. The molecule has 0 spiro atoms. The first-order valence-corrected chi connectivity index (χ1v) is 8.06. The maximum absolute atomic E-state index is 13.3. The van der Waals surface area contributed by atoms with Gasteiger partial charge in [-0.2, -0.15) is 0 Å². The molecule has 4 nitrogen and oxygen atoms in total. The largest absolute Gasteiger partial charge is 0.342 e. The summed E-state index contributed by atoms with van der Waals surface area (Å²) in [6.45, 7) is 3.61. The molecule has 0 N–H and O–H groups in total. The molecular formula is C17H20FN3O. The Bertz CT molecular complexity index is 727. The van der Waals surface area contributed by atoms with Gasteiger partial charge >= 0.3 is 0 Å². The third-order valence-electron chi connectivity index (χ3n) is 4.90. The Morgan fingerprint density at radius 2 is 1.95 bits per heavy atom. The van der Waals surface area contributed by atoms with Crippen LogP contribution in [0.3, 0.4) is 0 Å². The van der Waals surface area contributed by atoms with Crippen molar-refractivity contribution in [2.45, 2.75) is 38.6 Å². The molecule has 4 rings (SSSR count). The van der Waals surface area contributed by atoms with Crippen molar-refractivity contribution < 1.29 is 9.18 Å². The maximum Gasteiger partial charge on any atom is 0.225 e. The number of piperidine rings is 1. The van der Waals surface area contributed by atoms with Gasteiger partial charge in [-0.1, -0.05) is 0 Å². The van der Waals surface area contributed by atoms with Crippen molar-refractivity contribution in [1.29, 1.82) is 0 Å². The van der Waals surface area contributed by atoms with Crippen LogP contribution in [0.2, 0.25) is 0 Å². The van der Waals surface area contributed by atoms with Crippen molar-refractivity contribution in [3.05, 3.63) is 29.8 Å². The topological polar surface area (TPSA) is 38.1 Å². The Morgan fingerprint density at radius 3 is 2.64 bits per heavy atom. The summed E-state index contributed by atoms with van der Waals surface area (Å²) < 4.78 is 15.6. The lowest BCUT2D eigenvalue weighted by Gasteiger charge is -2.33. The van der Waals surface area contributed by atoms with E-state index >= 15 is 0 Å². The molecule has 1 aromatic heterocycles. The second kappa shape index (κ2) is 5.07. The third kappa shape index (κ3) is 2.28. The molecule has 2 aliphatic rings. The van der Waals surface area contributed by atoms with Gasteiger partial charge in [0.1, 0.15) is 11.6 Å². The van der Waals surface area contributed by atoms with Crippen LogP contribution in [0.15, 0.2) is 18.2 Å². The van der Waals surface area contributed by atoms with Crippen molar-refractivity contribution in [3.8, 4) is 0 Å². The van der Waals surface area contributed by atoms with Crippen LogP contribution in [-0.4, -0.2) is 33.4 Å². The number of carbonyl (C=O) groups is 1. The zero-order chi connectivity index (χ0) is 15.3. The maximum atomic E-state index is 13.3. The molecule has 1 amide bonds. The van der Waals surface area contributed by atoms with Gasteiger partial charge in [0.15, 0.2) is 0 Å². The van der Waals surface area contributed by atoms with Gasteiger partial charge in [0.2, 0.25) is 5.91 Å². The first-order valence-electron chi connectivity index (χ1n) is 8.06. The first-order chi connectivity index (χ1) is 10.6. The summed E-state index contributed by atoms with van der Waals surface area (Å²) in [4.78, 5) is 18.6. The van der Waals surface area contributed by atoms with E-state index in [1.807, 2.05) is 17.9 Å². The molecule has 2 aromatic rings. The van der Waals surface area contributed by atoms with Crippen LogP contribution in [-0.2, 0) is 4.79 Å². The number of nitrogens with zero attached hydrogens (tertiary/aromatic N) is 3. The molecule has 1 aliphatic heterocycles. The van der Waals surface area contributed by atoms with Gasteiger partial charge in [-0.25, -0.2) is 9.37 Å². The highest BCUT2D eigenvalue weighted by Gasteiger charge is 2.35. The number of carbonyl (C=O) groups excluding carboxylic acids is 1. The van der Waals surface area contributed by atoms with Crippen molar-refractivity contribution in [2.75, 3.05) is 13.1 Å². The number of hydrogen-bond donors (Lipinski definition) is 0. The minimum absolute atomic E-state index is 0.248. The zero-order valence-corrected chi connectivity index (χ0v) is 12.8. The average molecular weight is 301 g/mol. The monoisotopic (exact) mass is 301 g/mol. The quantitative estimate of drug-likeness (QED) is 0.855. The molecule has 1 aliphatic carbocycles. The van der Waals surface area contributed by atoms with Crippen LogP contribution in [0.25, 0.3) is 11.0 Å².